The molecule has 0 saturated carbocycles. The molecule has 0 radical (unpaired) electrons. The van der Waals surface area contributed by atoms with E-state index in [0.717, 1.165) is 26.2 Å². The number of nitrogens with one attached hydrogen (secondary N) is 1. The summed E-state index contributed by atoms with van der Waals surface area (Å²) in [5.74, 6) is 0. The Hall–Kier alpha value is -0.450. The minimum atomic E-state index is 0.643. The van der Waals surface area contributed by atoms with Crippen molar-refractivity contribution in [3.63, 3.8) is 0 Å². The molecule has 1 unspecified atom stereocenters. The molecular weight excluding hydrogens is 230 g/mol. The van der Waals surface area contributed by atoms with Gasteiger partial charge < -0.3 is 5.32 Å². The van der Waals surface area contributed by atoms with Crippen LogP contribution in [0.4, 0.5) is 0 Å². The fourth-order valence-electron chi connectivity index (χ4n) is 2.76. The highest BCUT2D eigenvalue weighted by atomic mass is 32.1. The van der Waals surface area contributed by atoms with Crippen LogP contribution in [-0.2, 0) is 19.4 Å². The molecule has 1 saturated heterocycles. The van der Waals surface area contributed by atoms with Gasteiger partial charge in [-0.1, -0.05) is 0 Å². The summed E-state index contributed by atoms with van der Waals surface area (Å²) in [6, 6.07) is 0.643. The van der Waals surface area contributed by atoms with Crippen LogP contribution in [0.3, 0.4) is 0 Å². The van der Waals surface area contributed by atoms with E-state index in [2.05, 4.69) is 17.1 Å². The second-order valence-electron chi connectivity index (χ2n) is 5.21. The summed E-state index contributed by atoms with van der Waals surface area (Å²) >= 11 is 1.96. The van der Waals surface area contributed by atoms with E-state index in [4.69, 9.17) is 4.98 Å². The maximum atomic E-state index is 4.84. The predicted octanol–water partition coefficient (Wildman–Crippen LogP) is 1.82. The first-order valence-corrected chi connectivity index (χ1v) is 7.57. The highest BCUT2D eigenvalue weighted by Gasteiger charge is 2.21. The first-order chi connectivity index (χ1) is 8.33. The minimum Gasteiger partial charge on any atom is -0.314 e. The fraction of sp³-hybridized carbons (Fsp3) is 0.769. The van der Waals surface area contributed by atoms with E-state index in [9.17, 15) is 0 Å². The maximum absolute atomic E-state index is 4.84. The number of fused-ring (bicyclic) bond motifs is 1. The molecule has 1 aliphatic heterocycles. The van der Waals surface area contributed by atoms with Crippen LogP contribution in [0.1, 0.15) is 35.3 Å². The molecule has 3 rings (SSSR count). The molecule has 1 aromatic rings. The quantitative estimate of drug-likeness (QED) is 0.869. The van der Waals surface area contributed by atoms with Crippen molar-refractivity contribution in [2.75, 3.05) is 19.6 Å². The SMILES string of the molecule is CC1CNCCN1Cc1nc2c(s1)CCCC2. The summed E-state index contributed by atoms with van der Waals surface area (Å²) in [5, 5.41) is 4.78. The molecule has 3 nitrogen and oxygen atoms in total. The van der Waals surface area contributed by atoms with E-state index in [1.165, 1.54) is 36.4 Å². The second-order valence-corrected chi connectivity index (χ2v) is 6.38. The number of thiazole rings is 1. The Morgan fingerprint density at radius 3 is 3.12 bits per heavy atom. The van der Waals surface area contributed by atoms with Crippen LogP contribution in [0.5, 0.6) is 0 Å². The van der Waals surface area contributed by atoms with Crippen LogP contribution in [0.25, 0.3) is 0 Å². The van der Waals surface area contributed by atoms with Gasteiger partial charge in [0.1, 0.15) is 5.01 Å². The van der Waals surface area contributed by atoms with E-state index < -0.39 is 0 Å². The van der Waals surface area contributed by atoms with Gasteiger partial charge in [0.15, 0.2) is 0 Å². The molecule has 1 fully saturated rings. The Morgan fingerprint density at radius 1 is 1.41 bits per heavy atom. The minimum absolute atomic E-state index is 0.643. The molecule has 17 heavy (non-hydrogen) atoms. The Balaban J connectivity index is 1.69. The van der Waals surface area contributed by atoms with E-state index in [0.29, 0.717) is 6.04 Å². The maximum Gasteiger partial charge on any atom is 0.107 e. The van der Waals surface area contributed by atoms with Crippen LogP contribution < -0.4 is 5.32 Å². The van der Waals surface area contributed by atoms with Crippen molar-refractivity contribution in [1.82, 2.24) is 15.2 Å². The first-order valence-electron chi connectivity index (χ1n) is 6.75. The number of aromatic nitrogens is 1. The molecule has 94 valence electrons. The topological polar surface area (TPSA) is 28.2 Å². The van der Waals surface area contributed by atoms with Gasteiger partial charge in [-0.05, 0) is 32.6 Å². The third-order valence-corrected chi connectivity index (χ3v) is 5.01. The average molecular weight is 251 g/mol. The first kappa shape index (κ1) is 11.6. The summed E-state index contributed by atoms with van der Waals surface area (Å²) in [6.07, 6.45) is 5.17. The lowest BCUT2D eigenvalue weighted by Gasteiger charge is -2.33. The largest absolute Gasteiger partial charge is 0.314 e. The third-order valence-electron chi connectivity index (χ3n) is 3.87. The predicted molar refractivity (Wildman–Crippen MR) is 71.5 cm³/mol. The average Bonchev–Trinajstić information content (AvgIpc) is 2.74. The molecule has 0 bridgehead atoms. The molecule has 2 heterocycles. The number of aryl methyl sites for hydroxylation is 2. The summed E-state index contributed by atoms with van der Waals surface area (Å²) in [5.41, 5.74) is 1.40. The second kappa shape index (κ2) is 5.04. The van der Waals surface area contributed by atoms with Crippen LogP contribution in [0, 0.1) is 0 Å². The lowest BCUT2D eigenvalue weighted by Crippen LogP contribution is -2.49. The van der Waals surface area contributed by atoms with Gasteiger partial charge in [0.2, 0.25) is 0 Å². The molecule has 4 heteroatoms. The van der Waals surface area contributed by atoms with Gasteiger partial charge in [-0.25, -0.2) is 4.98 Å². The van der Waals surface area contributed by atoms with Gasteiger partial charge in [-0.15, -0.1) is 11.3 Å². The Morgan fingerprint density at radius 2 is 2.29 bits per heavy atom. The van der Waals surface area contributed by atoms with Gasteiger partial charge in [-0.2, -0.15) is 0 Å². The highest BCUT2D eigenvalue weighted by Crippen LogP contribution is 2.27. The van der Waals surface area contributed by atoms with E-state index in [1.807, 2.05) is 11.3 Å². The normalized spacial score (nSPS) is 25.8. The molecular formula is C13H21N3S. The Bertz CT molecular complexity index is 365. The van der Waals surface area contributed by atoms with Crippen molar-refractivity contribution in [3.8, 4) is 0 Å². The van der Waals surface area contributed by atoms with Gasteiger partial charge in [0.25, 0.3) is 0 Å². The van der Waals surface area contributed by atoms with E-state index in [-0.39, 0.29) is 0 Å². The number of hydrogen-bond donors (Lipinski definition) is 1. The van der Waals surface area contributed by atoms with Crippen LogP contribution >= 0.6 is 11.3 Å². The standard InChI is InChI=1S/C13H21N3S/c1-10-8-14-6-7-16(10)9-13-15-11-4-2-3-5-12(11)17-13/h10,14H,2-9H2,1H3. The van der Waals surface area contributed by atoms with E-state index in [1.54, 1.807) is 4.88 Å². The zero-order valence-electron chi connectivity index (χ0n) is 10.5. The molecule has 1 aliphatic carbocycles. The van der Waals surface area contributed by atoms with Crippen LogP contribution in [0.2, 0.25) is 0 Å². The van der Waals surface area contributed by atoms with Crippen molar-refractivity contribution >= 4 is 11.3 Å². The smallest absolute Gasteiger partial charge is 0.107 e. The van der Waals surface area contributed by atoms with Crippen molar-refractivity contribution in [3.05, 3.63) is 15.6 Å². The Kier molecular flexibility index (Phi) is 3.45. The zero-order valence-corrected chi connectivity index (χ0v) is 11.4. The molecule has 1 aromatic heterocycles. The summed E-state index contributed by atoms with van der Waals surface area (Å²) in [4.78, 5) is 8.96. The van der Waals surface area contributed by atoms with Crippen LogP contribution in [0.15, 0.2) is 0 Å². The van der Waals surface area contributed by atoms with Gasteiger partial charge in [0.05, 0.1) is 12.2 Å². The monoisotopic (exact) mass is 251 g/mol. The molecule has 0 amide bonds. The third kappa shape index (κ3) is 2.54. The molecule has 0 aromatic carbocycles. The number of rotatable bonds is 2. The molecule has 1 N–H and O–H groups in total. The molecule has 2 aliphatic rings. The zero-order chi connectivity index (χ0) is 11.7. The summed E-state index contributed by atoms with van der Waals surface area (Å²) < 4.78 is 0. The van der Waals surface area contributed by atoms with Crippen molar-refractivity contribution in [2.24, 2.45) is 0 Å². The van der Waals surface area contributed by atoms with Crippen LogP contribution in [-0.4, -0.2) is 35.6 Å². The number of piperazine rings is 1. The van der Waals surface area contributed by atoms with Gasteiger partial charge in [0, 0.05) is 30.6 Å². The van der Waals surface area contributed by atoms with Crippen molar-refractivity contribution in [2.45, 2.75) is 45.2 Å². The lowest BCUT2D eigenvalue weighted by atomic mass is 10.0. The fourth-order valence-corrected chi connectivity index (χ4v) is 3.95. The lowest BCUT2D eigenvalue weighted by molar-refractivity contribution is 0.165. The summed E-state index contributed by atoms with van der Waals surface area (Å²) in [6.45, 7) is 6.76. The summed E-state index contributed by atoms with van der Waals surface area (Å²) in [7, 11) is 0. The van der Waals surface area contributed by atoms with Crippen molar-refractivity contribution in [1.29, 1.82) is 0 Å². The van der Waals surface area contributed by atoms with E-state index >= 15 is 0 Å². The van der Waals surface area contributed by atoms with Crippen molar-refractivity contribution < 1.29 is 0 Å². The van der Waals surface area contributed by atoms with Gasteiger partial charge >= 0.3 is 0 Å². The van der Waals surface area contributed by atoms with Gasteiger partial charge in [-0.3, -0.25) is 4.90 Å². The molecule has 0 spiro atoms. The number of nitrogens with zero attached hydrogens (tertiary/aromatic N) is 2. The Labute approximate surface area is 107 Å². The highest BCUT2D eigenvalue weighted by molar-refractivity contribution is 7.11. The molecule has 1 atom stereocenters. The number of hydrogen-bond acceptors (Lipinski definition) is 4.